The van der Waals surface area contributed by atoms with E-state index >= 15 is 0 Å². The third-order valence-corrected chi connectivity index (χ3v) is 5.28. The quantitative estimate of drug-likeness (QED) is 0.311. The summed E-state index contributed by atoms with van der Waals surface area (Å²) in [5, 5.41) is 25.9. The van der Waals surface area contributed by atoms with Crippen molar-refractivity contribution in [2.45, 2.75) is 0 Å². The van der Waals surface area contributed by atoms with Crippen LogP contribution in [0.4, 0.5) is 0 Å². The van der Waals surface area contributed by atoms with Crippen molar-refractivity contribution in [2.75, 3.05) is 0 Å². The van der Waals surface area contributed by atoms with E-state index < -0.39 is 11.9 Å². The lowest BCUT2D eigenvalue weighted by molar-refractivity contribution is 0.0688. The molecule has 0 radical (unpaired) electrons. The Labute approximate surface area is 159 Å². The van der Waals surface area contributed by atoms with Crippen LogP contribution in [-0.4, -0.2) is 22.2 Å². The summed E-state index contributed by atoms with van der Waals surface area (Å²) in [5.74, 6) is -1.94. The van der Waals surface area contributed by atoms with Crippen molar-refractivity contribution < 1.29 is 19.8 Å². The predicted octanol–water partition coefficient (Wildman–Crippen LogP) is 5.70. The zero-order valence-corrected chi connectivity index (χ0v) is 14.6. The molecule has 0 heterocycles. The number of aromatic carboxylic acids is 2. The van der Waals surface area contributed by atoms with Crippen molar-refractivity contribution >= 4 is 55.0 Å². The minimum atomic E-state index is -0.973. The van der Waals surface area contributed by atoms with Gasteiger partial charge in [-0.25, -0.2) is 9.59 Å². The summed E-state index contributed by atoms with van der Waals surface area (Å²) >= 11 is 0. The molecule has 0 spiro atoms. The molecule has 0 amide bonds. The summed E-state index contributed by atoms with van der Waals surface area (Å²) < 4.78 is 0. The Morgan fingerprint density at radius 3 is 2.04 bits per heavy atom. The fourth-order valence-electron chi connectivity index (χ4n) is 3.98. The molecule has 0 aromatic heterocycles. The highest BCUT2D eigenvalue weighted by atomic mass is 16.4. The maximum Gasteiger partial charge on any atom is 0.336 e. The molecule has 4 heteroatoms. The maximum atomic E-state index is 12.0. The van der Waals surface area contributed by atoms with Crippen LogP contribution >= 0.6 is 0 Å². The zero-order chi connectivity index (χ0) is 19.4. The zero-order valence-electron chi connectivity index (χ0n) is 14.6. The van der Waals surface area contributed by atoms with E-state index in [9.17, 15) is 19.8 Å². The van der Waals surface area contributed by atoms with Crippen LogP contribution in [0.2, 0.25) is 0 Å². The van der Waals surface area contributed by atoms with E-state index in [2.05, 4.69) is 0 Å². The van der Waals surface area contributed by atoms with Gasteiger partial charge in [-0.05, 0) is 73.4 Å². The summed E-state index contributed by atoms with van der Waals surface area (Å²) in [4.78, 5) is 23.4. The lowest BCUT2D eigenvalue weighted by Gasteiger charge is -2.12. The number of hydrogen-bond acceptors (Lipinski definition) is 2. The normalized spacial score (nSPS) is 11.4. The molecule has 0 saturated carbocycles. The highest BCUT2D eigenvalue weighted by Crippen LogP contribution is 2.35. The van der Waals surface area contributed by atoms with Crippen LogP contribution in [0.15, 0.2) is 72.8 Å². The first-order valence-electron chi connectivity index (χ1n) is 8.81. The summed E-state index contributed by atoms with van der Waals surface area (Å²) in [6.07, 6.45) is 0. The number of rotatable bonds is 2. The molecule has 5 aromatic carbocycles. The average molecular weight is 366 g/mol. The number of carboxylic acids is 2. The molecule has 5 rings (SSSR count). The van der Waals surface area contributed by atoms with Crippen molar-refractivity contribution in [3.05, 3.63) is 83.9 Å². The lowest BCUT2D eigenvalue weighted by Crippen LogP contribution is -1.99. The molecule has 4 nitrogen and oxygen atoms in total. The van der Waals surface area contributed by atoms with Crippen LogP contribution in [-0.2, 0) is 0 Å². The molecule has 0 aliphatic carbocycles. The molecule has 28 heavy (non-hydrogen) atoms. The molecular formula is C24H14O4. The molecule has 0 aliphatic heterocycles. The fourth-order valence-corrected chi connectivity index (χ4v) is 3.98. The average Bonchev–Trinajstić information content (AvgIpc) is 2.69. The highest BCUT2D eigenvalue weighted by Gasteiger charge is 2.15. The van der Waals surface area contributed by atoms with Crippen LogP contribution in [0.3, 0.4) is 0 Å². The van der Waals surface area contributed by atoms with Gasteiger partial charge < -0.3 is 10.2 Å². The molecule has 5 aromatic rings. The van der Waals surface area contributed by atoms with Gasteiger partial charge in [0, 0.05) is 0 Å². The van der Waals surface area contributed by atoms with Crippen molar-refractivity contribution in [3.63, 3.8) is 0 Å². The third-order valence-electron chi connectivity index (χ3n) is 5.28. The van der Waals surface area contributed by atoms with Gasteiger partial charge in [0.15, 0.2) is 0 Å². The summed E-state index contributed by atoms with van der Waals surface area (Å²) in [5.41, 5.74) is 0.512. The van der Waals surface area contributed by atoms with E-state index in [1.165, 1.54) is 0 Å². The van der Waals surface area contributed by atoms with Crippen LogP contribution in [0.1, 0.15) is 20.7 Å². The Morgan fingerprint density at radius 1 is 0.536 bits per heavy atom. The largest absolute Gasteiger partial charge is 0.478 e. The van der Waals surface area contributed by atoms with Crippen LogP contribution < -0.4 is 0 Å². The van der Waals surface area contributed by atoms with Gasteiger partial charge in [-0.15, -0.1) is 0 Å². The Hall–Kier alpha value is -3.92. The number of hydrogen-bond donors (Lipinski definition) is 2. The van der Waals surface area contributed by atoms with Crippen LogP contribution in [0.5, 0.6) is 0 Å². The Kier molecular flexibility index (Phi) is 3.36. The molecule has 0 aliphatic rings. The van der Waals surface area contributed by atoms with E-state index in [4.69, 9.17) is 0 Å². The Bertz CT molecular complexity index is 1460. The molecule has 0 unspecified atom stereocenters. The maximum absolute atomic E-state index is 12.0. The van der Waals surface area contributed by atoms with Gasteiger partial charge in [-0.2, -0.15) is 0 Å². The minimum Gasteiger partial charge on any atom is -0.478 e. The topological polar surface area (TPSA) is 74.6 Å². The first-order valence-corrected chi connectivity index (χ1v) is 8.81. The molecule has 0 saturated heterocycles. The van der Waals surface area contributed by atoms with Crippen molar-refractivity contribution in [1.29, 1.82) is 0 Å². The minimum absolute atomic E-state index is 0.226. The molecule has 0 fully saturated rings. The van der Waals surface area contributed by atoms with Gasteiger partial charge in [0.05, 0.1) is 11.1 Å². The van der Waals surface area contributed by atoms with Gasteiger partial charge in [0.2, 0.25) is 0 Å². The Morgan fingerprint density at radius 2 is 1.25 bits per heavy atom. The van der Waals surface area contributed by atoms with Crippen molar-refractivity contribution in [1.82, 2.24) is 0 Å². The summed E-state index contributed by atoms with van der Waals surface area (Å²) in [6.45, 7) is 0. The standard InChI is InChI=1S/C24H14O4/c25-23(26)16-6-5-13-9-15-7-8-19-21(20(15)12-17(13)10-16)11-14-3-1-2-4-18(14)22(19)24(27)28/h1-12H,(H,25,26)(H,27,28). The molecular weight excluding hydrogens is 352 g/mol. The first-order chi connectivity index (χ1) is 13.5. The van der Waals surface area contributed by atoms with E-state index in [-0.39, 0.29) is 11.1 Å². The second-order valence-electron chi connectivity index (χ2n) is 6.88. The first kappa shape index (κ1) is 16.3. The fraction of sp³-hybridized carbons (Fsp3) is 0. The summed E-state index contributed by atoms with van der Waals surface area (Å²) in [6, 6.07) is 22.2. The number of fused-ring (bicyclic) bond motifs is 5. The number of carbonyl (C=O) groups is 2. The Balaban J connectivity index is 1.97. The SMILES string of the molecule is O=C(O)c1ccc2cc3ccc4c(C(=O)O)c5ccccc5cc4c3cc2c1. The van der Waals surface area contributed by atoms with Crippen molar-refractivity contribution in [2.24, 2.45) is 0 Å². The van der Waals surface area contributed by atoms with Crippen LogP contribution in [0, 0.1) is 0 Å². The monoisotopic (exact) mass is 366 g/mol. The van der Waals surface area contributed by atoms with E-state index in [0.717, 1.165) is 32.3 Å². The number of carboxylic acid groups (broad SMARTS) is 2. The van der Waals surface area contributed by atoms with Gasteiger partial charge in [-0.1, -0.05) is 42.5 Å². The van der Waals surface area contributed by atoms with Gasteiger partial charge in [0.25, 0.3) is 0 Å². The lowest BCUT2D eigenvalue weighted by atomic mass is 9.92. The highest BCUT2D eigenvalue weighted by molar-refractivity contribution is 6.22. The van der Waals surface area contributed by atoms with E-state index in [0.29, 0.717) is 10.8 Å². The van der Waals surface area contributed by atoms with Crippen molar-refractivity contribution in [3.8, 4) is 0 Å². The summed E-state index contributed by atoms with van der Waals surface area (Å²) in [7, 11) is 0. The number of benzene rings is 5. The smallest absolute Gasteiger partial charge is 0.336 e. The van der Waals surface area contributed by atoms with Gasteiger partial charge >= 0.3 is 11.9 Å². The molecule has 0 bridgehead atoms. The molecule has 0 atom stereocenters. The van der Waals surface area contributed by atoms with Crippen LogP contribution in [0.25, 0.3) is 43.1 Å². The van der Waals surface area contributed by atoms with Gasteiger partial charge in [0.1, 0.15) is 0 Å². The second kappa shape index (κ2) is 5.79. The second-order valence-corrected chi connectivity index (χ2v) is 6.88. The molecule has 2 N–H and O–H groups in total. The van der Waals surface area contributed by atoms with E-state index in [1.807, 2.05) is 54.6 Å². The molecule has 134 valence electrons. The predicted molar refractivity (Wildman–Crippen MR) is 110 cm³/mol. The van der Waals surface area contributed by atoms with E-state index in [1.54, 1.807) is 18.2 Å². The van der Waals surface area contributed by atoms with Gasteiger partial charge in [-0.3, -0.25) is 0 Å². The third kappa shape index (κ3) is 2.32.